The fourth-order valence-electron chi connectivity index (χ4n) is 5.83. The van der Waals surface area contributed by atoms with Gasteiger partial charge in [0.15, 0.2) is 15.6 Å². The number of rotatable bonds is 3. The van der Waals surface area contributed by atoms with Crippen LogP contribution in [0, 0.1) is 23.2 Å². The summed E-state index contributed by atoms with van der Waals surface area (Å²) >= 11 is 0. The van der Waals surface area contributed by atoms with Gasteiger partial charge in [0, 0.05) is 29.9 Å². The van der Waals surface area contributed by atoms with Crippen molar-refractivity contribution in [1.29, 1.82) is 5.26 Å². The van der Waals surface area contributed by atoms with Crippen molar-refractivity contribution in [2.75, 3.05) is 11.9 Å². The Labute approximate surface area is 193 Å². The standard InChI is InChI=1S/C23H29N5O4S/c1-23(2)20(29)15-11-14(7-8-18(15)33(23,31)32)26-21-19-17(9-10-25-22(19)30)28(27-21)16-6-4-3-5-13(16)12-24/h7-8,11,13,16-17,19,21,26-27H,3-6,9-10H2,1-2H3,(H,25,30)/t13-,16+,17?,19?,21?/m1/s1. The highest BCUT2D eigenvalue weighted by atomic mass is 32.2. The highest BCUT2D eigenvalue weighted by Gasteiger charge is 2.53. The van der Waals surface area contributed by atoms with Crippen LogP contribution in [0.4, 0.5) is 5.69 Å². The van der Waals surface area contributed by atoms with E-state index in [2.05, 4.69) is 27.1 Å². The lowest BCUT2D eigenvalue weighted by Gasteiger charge is -2.39. The molecule has 33 heavy (non-hydrogen) atoms. The number of ketones is 1. The fourth-order valence-corrected chi connectivity index (χ4v) is 7.42. The first-order chi connectivity index (χ1) is 15.7. The minimum atomic E-state index is -3.73. The van der Waals surface area contributed by atoms with Crippen LogP contribution in [0.25, 0.3) is 0 Å². The second kappa shape index (κ2) is 7.79. The zero-order chi connectivity index (χ0) is 23.5. The average Bonchev–Trinajstić information content (AvgIpc) is 3.22. The third-order valence-electron chi connectivity index (χ3n) is 7.77. The van der Waals surface area contributed by atoms with Crippen LogP contribution in [-0.2, 0) is 14.6 Å². The molecule has 0 radical (unpaired) electrons. The molecule has 10 heteroatoms. The third kappa shape index (κ3) is 3.28. The van der Waals surface area contributed by atoms with E-state index in [0.717, 1.165) is 32.1 Å². The zero-order valence-electron chi connectivity index (χ0n) is 18.8. The number of carbonyl (C=O) groups is 2. The van der Waals surface area contributed by atoms with Crippen LogP contribution < -0.4 is 16.1 Å². The van der Waals surface area contributed by atoms with Gasteiger partial charge >= 0.3 is 0 Å². The van der Waals surface area contributed by atoms with Crippen LogP contribution in [-0.4, -0.2) is 54.7 Å². The summed E-state index contributed by atoms with van der Waals surface area (Å²) in [6, 6.07) is 7.14. The number of carbonyl (C=O) groups excluding carboxylic acids is 2. The zero-order valence-corrected chi connectivity index (χ0v) is 19.6. The number of benzene rings is 1. The number of hydrazine groups is 1. The smallest absolute Gasteiger partial charge is 0.228 e. The molecule has 3 N–H and O–H groups in total. The fraction of sp³-hybridized carbons (Fsp3) is 0.609. The molecular formula is C23H29N5O4S. The van der Waals surface area contributed by atoms with Crippen molar-refractivity contribution in [1.82, 2.24) is 15.8 Å². The Hall–Kier alpha value is -2.48. The topological polar surface area (TPSA) is 131 Å². The van der Waals surface area contributed by atoms with Gasteiger partial charge in [0.1, 0.15) is 10.9 Å². The summed E-state index contributed by atoms with van der Waals surface area (Å²) in [6.45, 7) is 3.46. The van der Waals surface area contributed by atoms with Crippen molar-refractivity contribution in [2.45, 2.75) is 73.8 Å². The van der Waals surface area contributed by atoms with E-state index in [9.17, 15) is 23.3 Å². The highest BCUT2D eigenvalue weighted by molar-refractivity contribution is 7.94. The van der Waals surface area contributed by atoms with Gasteiger partial charge in [-0.3, -0.25) is 9.59 Å². The van der Waals surface area contributed by atoms with Gasteiger partial charge in [-0.05, 0) is 51.3 Å². The van der Waals surface area contributed by atoms with Gasteiger partial charge in [-0.15, -0.1) is 0 Å². The summed E-state index contributed by atoms with van der Waals surface area (Å²) in [6.07, 6.45) is 4.21. The van der Waals surface area contributed by atoms with Gasteiger partial charge in [-0.25, -0.2) is 18.9 Å². The Morgan fingerprint density at radius 2 is 1.91 bits per heavy atom. The number of nitrogens with one attached hydrogen (secondary N) is 3. The molecule has 3 aliphatic heterocycles. The number of fused-ring (bicyclic) bond motifs is 2. The molecule has 3 unspecified atom stereocenters. The number of anilines is 1. The molecular weight excluding hydrogens is 442 g/mol. The maximum atomic E-state index is 12.8. The van der Waals surface area contributed by atoms with Crippen molar-refractivity contribution < 1.29 is 18.0 Å². The number of nitriles is 1. The molecule has 5 rings (SSSR count). The monoisotopic (exact) mass is 471 g/mol. The molecule has 5 atom stereocenters. The normalized spacial score (nSPS) is 34.8. The summed E-state index contributed by atoms with van der Waals surface area (Å²) in [5, 5.41) is 18.1. The minimum absolute atomic E-state index is 0.0365. The second-order valence-electron chi connectivity index (χ2n) is 9.97. The molecule has 176 valence electrons. The van der Waals surface area contributed by atoms with Crippen LogP contribution in [0.5, 0.6) is 0 Å². The molecule has 1 aromatic carbocycles. The molecule has 0 bridgehead atoms. The van der Waals surface area contributed by atoms with E-state index in [4.69, 9.17) is 0 Å². The number of sulfone groups is 1. The summed E-state index contributed by atoms with van der Waals surface area (Å²) in [7, 11) is -3.73. The highest BCUT2D eigenvalue weighted by Crippen LogP contribution is 2.41. The van der Waals surface area contributed by atoms with E-state index < -0.39 is 26.5 Å². The molecule has 1 amide bonds. The second-order valence-corrected chi connectivity index (χ2v) is 12.4. The van der Waals surface area contributed by atoms with Crippen molar-refractivity contribution in [3.8, 4) is 6.07 Å². The molecule has 0 spiro atoms. The Kier molecular flexibility index (Phi) is 5.27. The van der Waals surface area contributed by atoms with Crippen molar-refractivity contribution in [3.63, 3.8) is 0 Å². The predicted octanol–water partition coefficient (Wildman–Crippen LogP) is 1.58. The first-order valence-corrected chi connectivity index (χ1v) is 13.1. The first-order valence-electron chi connectivity index (χ1n) is 11.6. The lowest BCUT2D eigenvalue weighted by molar-refractivity contribution is -0.128. The van der Waals surface area contributed by atoms with Crippen LogP contribution in [0.2, 0.25) is 0 Å². The van der Waals surface area contributed by atoms with Crippen LogP contribution in [0.3, 0.4) is 0 Å². The van der Waals surface area contributed by atoms with E-state index in [1.165, 1.54) is 19.9 Å². The molecule has 3 heterocycles. The Morgan fingerprint density at radius 3 is 2.67 bits per heavy atom. The number of nitrogens with zero attached hydrogens (tertiary/aromatic N) is 2. The number of Topliss-reactive ketones (excluding diaryl/α,β-unsaturated/α-hetero) is 1. The summed E-state index contributed by atoms with van der Waals surface area (Å²) in [5.41, 5.74) is 4.22. The Bertz CT molecular complexity index is 1160. The SMILES string of the molecule is CC1(C)C(=O)c2cc(NC3NN([C@H]4CCCC[C@@H]4C#N)C4CCNC(=O)C34)ccc2S1(=O)=O. The Balaban J connectivity index is 1.44. The van der Waals surface area contributed by atoms with E-state index in [0.29, 0.717) is 12.2 Å². The third-order valence-corrected chi connectivity index (χ3v) is 10.2. The summed E-state index contributed by atoms with van der Waals surface area (Å²) in [4.78, 5) is 25.7. The summed E-state index contributed by atoms with van der Waals surface area (Å²) < 4.78 is 24.0. The van der Waals surface area contributed by atoms with Crippen LogP contribution in [0.15, 0.2) is 23.1 Å². The molecule has 3 fully saturated rings. The number of hydrogen-bond donors (Lipinski definition) is 3. The first kappa shape index (κ1) is 22.3. The van der Waals surface area contributed by atoms with E-state index in [1.54, 1.807) is 12.1 Å². The molecule has 1 aliphatic carbocycles. The van der Waals surface area contributed by atoms with E-state index >= 15 is 0 Å². The van der Waals surface area contributed by atoms with Gasteiger partial charge in [0.25, 0.3) is 0 Å². The quantitative estimate of drug-likeness (QED) is 0.606. The van der Waals surface area contributed by atoms with Gasteiger partial charge in [0.2, 0.25) is 5.91 Å². The van der Waals surface area contributed by atoms with Gasteiger partial charge in [-0.2, -0.15) is 5.26 Å². The lowest BCUT2D eigenvalue weighted by Crippen LogP contribution is -2.54. The van der Waals surface area contributed by atoms with Crippen molar-refractivity contribution >= 4 is 27.2 Å². The van der Waals surface area contributed by atoms with Crippen molar-refractivity contribution in [3.05, 3.63) is 23.8 Å². The van der Waals surface area contributed by atoms with Gasteiger partial charge in [-0.1, -0.05) is 12.8 Å². The van der Waals surface area contributed by atoms with E-state index in [1.807, 2.05) is 0 Å². The maximum Gasteiger partial charge on any atom is 0.228 e. The van der Waals surface area contributed by atoms with Crippen LogP contribution >= 0.6 is 0 Å². The molecule has 0 aromatic heterocycles. The van der Waals surface area contributed by atoms with Gasteiger partial charge in [0.05, 0.1) is 22.8 Å². The molecule has 2 saturated heterocycles. The largest absolute Gasteiger partial charge is 0.368 e. The molecule has 9 nitrogen and oxygen atoms in total. The van der Waals surface area contributed by atoms with Crippen LogP contribution in [0.1, 0.15) is 56.3 Å². The van der Waals surface area contributed by atoms with E-state index in [-0.39, 0.29) is 40.3 Å². The number of piperidine rings is 1. The number of amides is 1. The minimum Gasteiger partial charge on any atom is -0.368 e. The molecule has 1 aromatic rings. The molecule has 1 saturated carbocycles. The maximum absolute atomic E-state index is 12.8. The van der Waals surface area contributed by atoms with Crippen molar-refractivity contribution in [2.24, 2.45) is 11.8 Å². The predicted molar refractivity (Wildman–Crippen MR) is 121 cm³/mol. The van der Waals surface area contributed by atoms with Gasteiger partial charge < -0.3 is 10.6 Å². The summed E-state index contributed by atoms with van der Waals surface area (Å²) in [5.74, 6) is -0.927. The lowest BCUT2D eigenvalue weighted by atomic mass is 9.83. The number of hydrogen-bond acceptors (Lipinski definition) is 8. The Morgan fingerprint density at radius 1 is 1.15 bits per heavy atom. The molecule has 4 aliphatic rings. The average molecular weight is 472 g/mol.